The molecule has 6 nitrogen and oxygen atoms in total. The van der Waals surface area contributed by atoms with Gasteiger partial charge in [-0.15, -0.1) is 0 Å². The van der Waals surface area contributed by atoms with Crippen LogP contribution >= 0.6 is 11.6 Å². The topological polar surface area (TPSA) is 70.1 Å². The molecule has 11 heteroatoms. The number of amides is 2. The number of para-hydroxylation sites is 2. The van der Waals surface area contributed by atoms with Gasteiger partial charge in [0, 0.05) is 19.2 Å². The van der Waals surface area contributed by atoms with Gasteiger partial charge in [-0.1, -0.05) is 37.6 Å². The Labute approximate surface area is 186 Å². The van der Waals surface area contributed by atoms with E-state index in [9.17, 15) is 32.3 Å². The Bertz CT molecular complexity index is 1060. The molecule has 1 aliphatic rings. The van der Waals surface area contributed by atoms with Gasteiger partial charge in [0.1, 0.15) is 17.3 Å². The molecule has 0 radical (unpaired) electrons. The molecule has 3 rings (SSSR count). The molecule has 0 saturated carbocycles. The van der Waals surface area contributed by atoms with Crippen molar-refractivity contribution in [1.29, 1.82) is 0 Å². The first-order chi connectivity index (χ1) is 15.0. The Hall–Kier alpha value is -3.27. The summed E-state index contributed by atoms with van der Waals surface area (Å²) in [6.07, 6.45) is -4.68. The number of hydrogen-bond acceptors (Lipinski definition) is 4. The molecule has 2 aromatic carbocycles. The number of halogens is 5. The third-order valence-corrected chi connectivity index (χ3v) is 4.45. The molecule has 32 heavy (non-hydrogen) atoms. The fourth-order valence-electron chi connectivity index (χ4n) is 2.73. The maximum absolute atomic E-state index is 14.6. The average Bonchev–Trinajstić information content (AvgIpc) is 2.84. The highest BCUT2D eigenvalue weighted by molar-refractivity contribution is 6.32. The Morgan fingerprint density at radius 1 is 1.09 bits per heavy atom. The quantitative estimate of drug-likeness (QED) is 0.563. The van der Waals surface area contributed by atoms with Gasteiger partial charge < -0.3 is 9.84 Å². The molecule has 172 valence electrons. The van der Waals surface area contributed by atoms with Gasteiger partial charge in [0.2, 0.25) is 0 Å². The summed E-state index contributed by atoms with van der Waals surface area (Å²) in [6.45, 7) is 3.16. The number of rotatable bonds is 3. The molecule has 0 atom stereocenters. The normalized spacial score (nSPS) is 14.4. The number of hydrogen-bond donors (Lipinski definition) is 1. The lowest BCUT2D eigenvalue weighted by Crippen LogP contribution is -2.43. The number of carbonyl (C=O) groups is 2. The van der Waals surface area contributed by atoms with Crippen LogP contribution in [0.5, 0.6) is 17.2 Å². The summed E-state index contributed by atoms with van der Waals surface area (Å²) < 4.78 is 59.5. The minimum Gasteiger partial charge on any atom is -0.504 e. The number of nitrogens with zero attached hydrogens (tertiary/aromatic N) is 2. The number of urea groups is 1. The molecule has 0 fully saturated rings. The van der Waals surface area contributed by atoms with Crippen molar-refractivity contribution in [3.63, 3.8) is 0 Å². The number of anilines is 1. The van der Waals surface area contributed by atoms with Crippen LogP contribution in [0.1, 0.15) is 13.8 Å². The zero-order valence-corrected chi connectivity index (χ0v) is 18.0. The predicted octanol–water partition coefficient (Wildman–Crippen LogP) is 5.89. The van der Waals surface area contributed by atoms with E-state index in [2.05, 4.69) is 0 Å². The number of carbonyl (C=O) groups excluding carboxylic acids is 2. The summed E-state index contributed by atoms with van der Waals surface area (Å²) in [5.41, 5.74) is -1.99. The standard InChI is InChI=1S/C19H13ClF4N2O4.C2H6/c1-25-17(19(22,23)24)6-10(27)9-26(18(25)29)13-8-16(11(20)7-12(13)21)30-15-5-3-2-4-14(15)28;1-2/h2-8,28H,9H2,1H3;1-2H3. The smallest absolute Gasteiger partial charge is 0.431 e. The van der Waals surface area contributed by atoms with Crippen molar-refractivity contribution in [2.75, 3.05) is 18.5 Å². The van der Waals surface area contributed by atoms with Crippen LogP contribution in [0.15, 0.2) is 48.2 Å². The molecule has 1 heterocycles. The molecular weight excluding hydrogens is 456 g/mol. The van der Waals surface area contributed by atoms with Crippen LogP contribution in [-0.2, 0) is 4.79 Å². The lowest BCUT2D eigenvalue weighted by Gasteiger charge is -2.27. The van der Waals surface area contributed by atoms with Crippen LogP contribution in [0.3, 0.4) is 0 Å². The minimum absolute atomic E-state index is 0.0339. The van der Waals surface area contributed by atoms with E-state index in [-0.39, 0.29) is 33.2 Å². The van der Waals surface area contributed by atoms with E-state index in [1.807, 2.05) is 13.8 Å². The van der Waals surface area contributed by atoms with E-state index in [0.717, 1.165) is 19.2 Å². The summed E-state index contributed by atoms with van der Waals surface area (Å²) in [4.78, 5) is 25.3. The van der Waals surface area contributed by atoms with E-state index in [0.29, 0.717) is 4.90 Å². The fraction of sp³-hybridized carbons (Fsp3) is 0.238. The van der Waals surface area contributed by atoms with Crippen molar-refractivity contribution in [2.45, 2.75) is 20.0 Å². The first-order valence-corrected chi connectivity index (χ1v) is 9.68. The molecular formula is C21H19ClF4N2O4. The maximum Gasteiger partial charge on any atom is 0.431 e. The maximum atomic E-state index is 14.6. The molecule has 2 amide bonds. The summed E-state index contributed by atoms with van der Waals surface area (Å²) in [6, 6.07) is 6.26. The predicted molar refractivity (Wildman–Crippen MR) is 111 cm³/mol. The second kappa shape index (κ2) is 9.90. The van der Waals surface area contributed by atoms with Crippen molar-refractivity contribution >= 4 is 29.1 Å². The van der Waals surface area contributed by atoms with Gasteiger partial charge in [-0.25, -0.2) is 9.18 Å². The molecule has 0 aliphatic carbocycles. The zero-order valence-electron chi connectivity index (χ0n) is 17.2. The van der Waals surface area contributed by atoms with E-state index in [1.54, 1.807) is 6.07 Å². The SMILES string of the molecule is CC.CN1C(=O)N(c2cc(Oc3ccccc3O)c(Cl)cc2F)CC(=O)C=C1C(F)(F)F. The van der Waals surface area contributed by atoms with Crippen LogP contribution in [0, 0.1) is 5.82 Å². The van der Waals surface area contributed by atoms with Crippen molar-refractivity contribution in [3.8, 4) is 17.2 Å². The number of benzene rings is 2. The van der Waals surface area contributed by atoms with Crippen LogP contribution in [0.25, 0.3) is 0 Å². The molecule has 0 saturated heterocycles. The highest BCUT2D eigenvalue weighted by Gasteiger charge is 2.42. The van der Waals surface area contributed by atoms with Gasteiger partial charge in [0.15, 0.2) is 17.3 Å². The van der Waals surface area contributed by atoms with Gasteiger partial charge in [-0.2, -0.15) is 13.2 Å². The fourth-order valence-corrected chi connectivity index (χ4v) is 2.92. The lowest BCUT2D eigenvalue weighted by atomic mass is 10.2. The van der Waals surface area contributed by atoms with Gasteiger partial charge in [0.25, 0.3) is 0 Å². The highest BCUT2D eigenvalue weighted by Crippen LogP contribution is 2.39. The highest BCUT2D eigenvalue weighted by atomic mass is 35.5. The lowest BCUT2D eigenvalue weighted by molar-refractivity contribution is -0.116. The van der Waals surface area contributed by atoms with E-state index >= 15 is 0 Å². The Kier molecular flexibility index (Phi) is 7.73. The van der Waals surface area contributed by atoms with Crippen LogP contribution in [-0.4, -0.2) is 41.6 Å². The van der Waals surface area contributed by atoms with Gasteiger partial charge >= 0.3 is 12.2 Å². The van der Waals surface area contributed by atoms with Gasteiger partial charge in [-0.3, -0.25) is 14.6 Å². The number of ketones is 1. The Morgan fingerprint density at radius 2 is 1.72 bits per heavy atom. The van der Waals surface area contributed by atoms with E-state index in [4.69, 9.17) is 16.3 Å². The monoisotopic (exact) mass is 474 g/mol. The number of ether oxygens (including phenoxy) is 1. The van der Waals surface area contributed by atoms with Crippen molar-refractivity contribution in [3.05, 3.63) is 59.0 Å². The van der Waals surface area contributed by atoms with Gasteiger partial charge in [0.05, 0.1) is 17.3 Å². The van der Waals surface area contributed by atoms with E-state index < -0.39 is 41.7 Å². The molecule has 1 aliphatic heterocycles. The molecule has 2 aromatic rings. The zero-order chi connectivity index (χ0) is 24.2. The summed E-state index contributed by atoms with van der Waals surface area (Å²) in [7, 11) is 0.820. The number of alkyl halides is 3. The second-order valence-electron chi connectivity index (χ2n) is 6.23. The van der Waals surface area contributed by atoms with Crippen LogP contribution in [0.2, 0.25) is 5.02 Å². The first kappa shape index (κ1) is 25.0. The van der Waals surface area contributed by atoms with E-state index in [1.165, 1.54) is 18.2 Å². The van der Waals surface area contributed by atoms with Gasteiger partial charge in [-0.05, 0) is 18.2 Å². The third-order valence-electron chi connectivity index (χ3n) is 4.16. The Balaban J connectivity index is 0.00000176. The first-order valence-electron chi connectivity index (χ1n) is 9.31. The summed E-state index contributed by atoms with van der Waals surface area (Å²) in [5, 5.41) is 9.59. The molecule has 0 unspecified atom stereocenters. The largest absolute Gasteiger partial charge is 0.504 e. The molecule has 0 spiro atoms. The molecule has 0 bridgehead atoms. The summed E-state index contributed by atoms with van der Waals surface area (Å²) in [5.74, 6) is -2.59. The Morgan fingerprint density at radius 3 is 2.31 bits per heavy atom. The third kappa shape index (κ3) is 5.31. The van der Waals surface area contributed by atoms with Crippen molar-refractivity contribution in [1.82, 2.24) is 4.90 Å². The molecule has 0 aromatic heterocycles. The second-order valence-corrected chi connectivity index (χ2v) is 6.63. The number of allylic oxidation sites excluding steroid dienone is 1. The summed E-state index contributed by atoms with van der Waals surface area (Å²) >= 11 is 5.97. The van der Waals surface area contributed by atoms with Crippen molar-refractivity contribution < 1.29 is 37.0 Å². The number of phenols is 1. The van der Waals surface area contributed by atoms with Crippen LogP contribution in [0.4, 0.5) is 28.0 Å². The average molecular weight is 475 g/mol. The minimum atomic E-state index is -4.96. The van der Waals surface area contributed by atoms with Crippen molar-refractivity contribution in [2.24, 2.45) is 0 Å². The van der Waals surface area contributed by atoms with Crippen LogP contribution < -0.4 is 9.64 Å². The number of phenolic OH excluding ortho intramolecular Hbond substituents is 1. The molecule has 1 N–H and O–H groups in total. The number of aromatic hydroxyl groups is 1.